The van der Waals surface area contributed by atoms with Gasteiger partial charge in [0.25, 0.3) is 0 Å². The van der Waals surface area contributed by atoms with Crippen molar-refractivity contribution in [3.05, 3.63) is 59.5 Å². The average molecular weight is 260 g/mol. The molecule has 0 saturated heterocycles. The molecule has 0 radical (unpaired) electrons. The van der Waals surface area contributed by atoms with Crippen molar-refractivity contribution >= 4 is 11.8 Å². The third kappa shape index (κ3) is 3.28. The van der Waals surface area contributed by atoms with Crippen LogP contribution in [0, 0.1) is 5.82 Å². The number of hydrogen-bond donors (Lipinski definition) is 2. The molecule has 98 valence electrons. The van der Waals surface area contributed by atoms with Crippen LogP contribution in [0.1, 0.15) is 28.9 Å². The topological polar surface area (TPSA) is 62.2 Å². The molecule has 0 bridgehead atoms. The van der Waals surface area contributed by atoms with Crippen molar-refractivity contribution < 1.29 is 14.3 Å². The summed E-state index contributed by atoms with van der Waals surface area (Å²) in [7, 11) is 0. The molecule has 4 nitrogen and oxygen atoms in total. The molecule has 0 aliphatic rings. The lowest BCUT2D eigenvalue weighted by Crippen LogP contribution is -2.08. The van der Waals surface area contributed by atoms with Gasteiger partial charge in [0.2, 0.25) is 0 Å². The summed E-state index contributed by atoms with van der Waals surface area (Å²) in [5, 5.41) is 11.9. The molecule has 2 N–H and O–H groups in total. The Labute approximate surface area is 109 Å². The maximum absolute atomic E-state index is 12.8. The maximum atomic E-state index is 12.8. The number of anilines is 1. The molecule has 0 amide bonds. The predicted octanol–water partition coefficient (Wildman–Crippen LogP) is 3.09. The highest BCUT2D eigenvalue weighted by atomic mass is 19.1. The Morgan fingerprint density at radius 2 is 1.95 bits per heavy atom. The largest absolute Gasteiger partial charge is 0.478 e. The second-order valence-electron chi connectivity index (χ2n) is 4.15. The van der Waals surface area contributed by atoms with E-state index in [1.54, 1.807) is 18.2 Å². The molecule has 5 heteroatoms. The number of hydrogen-bond acceptors (Lipinski definition) is 3. The first-order valence-electron chi connectivity index (χ1n) is 5.77. The minimum Gasteiger partial charge on any atom is -0.478 e. The number of nitrogens with zero attached hydrogens (tertiary/aromatic N) is 1. The molecule has 0 aliphatic heterocycles. The molecule has 0 spiro atoms. The van der Waals surface area contributed by atoms with Gasteiger partial charge in [-0.15, -0.1) is 0 Å². The van der Waals surface area contributed by atoms with Crippen molar-refractivity contribution in [3.8, 4) is 0 Å². The zero-order valence-electron chi connectivity index (χ0n) is 10.3. The molecular formula is C14H13FN2O2. The van der Waals surface area contributed by atoms with Gasteiger partial charge >= 0.3 is 5.97 Å². The Balaban J connectivity index is 2.08. The van der Waals surface area contributed by atoms with E-state index in [0.29, 0.717) is 5.82 Å². The quantitative estimate of drug-likeness (QED) is 0.886. The fourth-order valence-corrected chi connectivity index (χ4v) is 1.66. The molecule has 0 fully saturated rings. The zero-order valence-corrected chi connectivity index (χ0v) is 10.3. The van der Waals surface area contributed by atoms with E-state index in [-0.39, 0.29) is 17.4 Å². The highest BCUT2D eigenvalue weighted by Gasteiger charge is 2.07. The summed E-state index contributed by atoms with van der Waals surface area (Å²) in [6.07, 6.45) is 1.29. The van der Waals surface area contributed by atoms with Crippen LogP contribution >= 0.6 is 0 Å². The molecule has 2 rings (SSSR count). The van der Waals surface area contributed by atoms with E-state index in [1.807, 2.05) is 6.92 Å². The third-order valence-electron chi connectivity index (χ3n) is 2.74. The SMILES string of the molecule is CC(Nc1ccc(C(=O)O)cn1)c1ccc(F)cc1. The summed E-state index contributed by atoms with van der Waals surface area (Å²) >= 11 is 0. The molecule has 1 aromatic heterocycles. The van der Waals surface area contributed by atoms with Gasteiger partial charge in [0, 0.05) is 12.2 Å². The van der Waals surface area contributed by atoms with Crippen LogP contribution in [0.5, 0.6) is 0 Å². The van der Waals surface area contributed by atoms with Crippen molar-refractivity contribution in [3.63, 3.8) is 0 Å². The van der Waals surface area contributed by atoms with Gasteiger partial charge in [-0.05, 0) is 36.8 Å². The summed E-state index contributed by atoms with van der Waals surface area (Å²) in [6.45, 7) is 1.92. The van der Waals surface area contributed by atoms with Crippen LogP contribution in [-0.2, 0) is 0 Å². The van der Waals surface area contributed by atoms with Crippen LogP contribution in [0.3, 0.4) is 0 Å². The number of aromatic carboxylic acids is 1. The number of benzene rings is 1. The zero-order chi connectivity index (χ0) is 13.8. The summed E-state index contributed by atoms with van der Waals surface area (Å²) in [5.41, 5.74) is 1.06. The normalized spacial score (nSPS) is 11.9. The molecule has 1 heterocycles. The first-order chi connectivity index (χ1) is 9.06. The molecule has 19 heavy (non-hydrogen) atoms. The monoisotopic (exact) mass is 260 g/mol. The Kier molecular flexibility index (Phi) is 3.75. The van der Waals surface area contributed by atoms with E-state index in [1.165, 1.54) is 24.4 Å². The fourth-order valence-electron chi connectivity index (χ4n) is 1.66. The van der Waals surface area contributed by atoms with Crippen molar-refractivity contribution in [2.75, 3.05) is 5.32 Å². The smallest absolute Gasteiger partial charge is 0.337 e. The number of carbonyl (C=O) groups is 1. The van der Waals surface area contributed by atoms with Crippen molar-refractivity contribution in [1.29, 1.82) is 0 Å². The van der Waals surface area contributed by atoms with Gasteiger partial charge in [0.05, 0.1) is 5.56 Å². The minimum absolute atomic E-state index is 0.0521. The Morgan fingerprint density at radius 1 is 1.26 bits per heavy atom. The lowest BCUT2D eigenvalue weighted by Gasteiger charge is -2.14. The standard InChI is InChI=1S/C14H13FN2O2/c1-9(10-2-5-12(15)6-3-10)17-13-7-4-11(8-16-13)14(18)19/h2-9H,1H3,(H,16,17)(H,18,19). The van der Waals surface area contributed by atoms with E-state index in [0.717, 1.165) is 5.56 Å². The van der Waals surface area contributed by atoms with Crippen LogP contribution in [0.4, 0.5) is 10.2 Å². The fraction of sp³-hybridized carbons (Fsp3) is 0.143. The summed E-state index contributed by atoms with van der Waals surface area (Å²) < 4.78 is 12.8. The Morgan fingerprint density at radius 3 is 2.47 bits per heavy atom. The lowest BCUT2D eigenvalue weighted by atomic mass is 10.1. The van der Waals surface area contributed by atoms with Gasteiger partial charge in [-0.25, -0.2) is 14.2 Å². The average Bonchev–Trinajstić information content (AvgIpc) is 2.40. The molecule has 0 saturated carbocycles. The Hall–Kier alpha value is -2.43. The molecule has 1 atom stereocenters. The van der Waals surface area contributed by atoms with Gasteiger partial charge < -0.3 is 10.4 Å². The minimum atomic E-state index is -1.01. The highest BCUT2D eigenvalue weighted by molar-refractivity contribution is 5.87. The van der Waals surface area contributed by atoms with Crippen molar-refractivity contribution in [2.24, 2.45) is 0 Å². The van der Waals surface area contributed by atoms with Gasteiger partial charge in [-0.2, -0.15) is 0 Å². The van der Waals surface area contributed by atoms with E-state index in [2.05, 4.69) is 10.3 Å². The van der Waals surface area contributed by atoms with E-state index < -0.39 is 5.97 Å². The van der Waals surface area contributed by atoms with Gasteiger partial charge in [0.15, 0.2) is 0 Å². The summed E-state index contributed by atoms with van der Waals surface area (Å²) in [6, 6.07) is 9.21. The maximum Gasteiger partial charge on any atom is 0.337 e. The molecule has 0 aliphatic carbocycles. The number of halogens is 1. The summed E-state index contributed by atoms with van der Waals surface area (Å²) in [4.78, 5) is 14.7. The molecule has 1 unspecified atom stereocenters. The molecule has 2 aromatic rings. The van der Waals surface area contributed by atoms with Crippen LogP contribution in [0.25, 0.3) is 0 Å². The number of aromatic nitrogens is 1. The highest BCUT2D eigenvalue weighted by Crippen LogP contribution is 2.18. The van der Waals surface area contributed by atoms with E-state index in [4.69, 9.17) is 5.11 Å². The van der Waals surface area contributed by atoms with Crippen LogP contribution in [0.15, 0.2) is 42.6 Å². The second-order valence-corrected chi connectivity index (χ2v) is 4.15. The molecular weight excluding hydrogens is 247 g/mol. The van der Waals surface area contributed by atoms with Crippen LogP contribution in [-0.4, -0.2) is 16.1 Å². The Bertz CT molecular complexity index is 567. The van der Waals surface area contributed by atoms with Gasteiger partial charge in [-0.3, -0.25) is 0 Å². The van der Waals surface area contributed by atoms with E-state index >= 15 is 0 Å². The first kappa shape index (κ1) is 13.0. The number of pyridine rings is 1. The lowest BCUT2D eigenvalue weighted by molar-refractivity contribution is 0.0696. The third-order valence-corrected chi connectivity index (χ3v) is 2.74. The summed E-state index contributed by atoms with van der Waals surface area (Å²) in [5.74, 6) is -0.715. The first-order valence-corrected chi connectivity index (χ1v) is 5.77. The number of carboxylic acid groups (broad SMARTS) is 1. The van der Waals surface area contributed by atoms with Crippen molar-refractivity contribution in [2.45, 2.75) is 13.0 Å². The number of rotatable bonds is 4. The van der Waals surface area contributed by atoms with Gasteiger partial charge in [-0.1, -0.05) is 12.1 Å². The predicted molar refractivity (Wildman–Crippen MR) is 69.6 cm³/mol. The van der Waals surface area contributed by atoms with Gasteiger partial charge in [0.1, 0.15) is 11.6 Å². The number of nitrogens with one attached hydrogen (secondary N) is 1. The van der Waals surface area contributed by atoms with Crippen LogP contribution in [0.2, 0.25) is 0 Å². The van der Waals surface area contributed by atoms with E-state index in [9.17, 15) is 9.18 Å². The second kappa shape index (κ2) is 5.48. The number of carboxylic acids is 1. The van der Waals surface area contributed by atoms with Crippen LogP contribution < -0.4 is 5.32 Å². The van der Waals surface area contributed by atoms with Crippen molar-refractivity contribution in [1.82, 2.24) is 4.98 Å². The molecule has 1 aromatic carbocycles.